The predicted octanol–water partition coefficient (Wildman–Crippen LogP) is -1.02. The molecular formula is B3F3Se3. The standard InChI is InChI=1S/B3F3Se3/c4-1-7-2(5)9-3(6)8-1. The molecule has 48 valence electrons. The van der Waals surface area contributed by atoms with Crippen molar-refractivity contribution in [3.05, 3.63) is 0 Å². The van der Waals surface area contributed by atoms with Gasteiger partial charge in [-0.15, -0.1) is 0 Å². The summed E-state index contributed by atoms with van der Waals surface area (Å²) in [5.74, 6) is 0. The van der Waals surface area contributed by atoms with Crippen LogP contribution in [0.15, 0.2) is 0 Å². The first-order chi connectivity index (χ1) is 4.18. The fourth-order valence-corrected chi connectivity index (χ4v) is 15.8. The normalized spacial score (nSPS) is 9.67. The zero-order valence-corrected chi connectivity index (χ0v) is 9.23. The maximum absolute atomic E-state index is 12.3. The average Bonchev–Trinajstić information content (AvgIpc) is 1.59. The summed E-state index contributed by atoms with van der Waals surface area (Å²) in [6.45, 7) is 0. The quantitative estimate of drug-likeness (QED) is 0.535. The minimum atomic E-state index is -1.12. The summed E-state index contributed by atoms with van der Waals surface area (Å²) in [5.41, 5.74) is 0. The van der Waals surface area contributed by atoms with E-state index in [1.807, 2.05) is 0 Å². The summed E-state index contributed by atoms with van der Waals surface area (Å²) in [7, 11) is 0. The molecule has 9 heavy (non-hydrogen) atoms. The van der Waals surface area contributed by atoms with Gasteiger partial charge < -0.3 is 0 Å². The van der Waals surface area contributed by atoms with Crippen LogP contribution in [0.2, 0.25) is 0 Å². The molecule has 1 rings (SSSR count). The maximum atomic E-state index is 12.3. The van der Waals surface area contributed by atoms with Crippen LogP contribution in [-0.2, 0) is 0 Å². The van der Waals surface area contributed by atoms with Crippen molar-refractivity contribution in [1.29, 1.82) is 0 Å². The number of halogens is 3. The summed E-state index contributed by atoms with van der Waals surface area (Å²) >= 11 is -1.70. The topological polar surface area (TPSA) is 0 Å². The van der Waals surface area contributed by atoms with Crippen LogP contribution >= 0.6 is 0 Å². The monoisotopic (exact) mass is 330 g/mol. The van der Waals surface area contributed by atoms with E-state index in [0.29, 0.717) is 0 Å². The molecule has 1 heterocycles. The van der Waals surface area contributed by atoms with Gasteiger partial charge in [-0.25, -0.2) is 0 Å². The minimum absolute atomic E-state index is 0.567. The number of rotatable bonds is 0. The van der Waals surface area contributed by atoms with E-state index < -0.39 is 55.0 Å². The van der Waals surface area contributed by atoms with E-state index in [4.69, 9.17) is 0 Å². The van der Waals surface area contributed by atoms with Gasteiger partial charge in [0.2, 0.25) is 0 Å². The van der Waals surface area contributed by atoms with Crippen LogP contribution in [0.5, 0.6) is 0 Å². The van der Waals surface area contributed by atoms with E-state index in [1.165, 1.54) is 0 Å². The van der Waals surface area contributed by atoms with Crippen molar-refractivity contribution < 1.29 is 12.9 Å². The van der Waals surface area contributed by atoms with Crippen molar-refractivity contribution in [1.82, 2.24) is 0 Å². The molecule has 0 aliphatic rings. The van der Waals surface area contributed by atoms with Gasteiger partial charge >= 0.3 is 67.9 Å². The van der Waals surface area contributed by atoms with E-state index in [0.717, 1.165) is 0 Å². The van der Waals surface area contributed by atoms with Crippen LogP contribution in [0.3, 0.4) is 0 Å². The van der Waals surface area contributed by atoms with Crippen molar-refractivity contribution >= 4 is 55.0 Å². The molecule has 9 heteroatoms. The molecule has 0 aliphatic heterocycles. The van der Waals surface area contributed by atoms with Gasteiger partial charge in [0.1, 0.15) is 0 Å². The van der Waals surface area contributed by atoms with Gasteiger partial charge in [0.05, 0.1) is 0 Å². The van der Waals surface area contributed by atoms with Crippen LogP contribution in [0.1, 0.15) is 0 Å². The van der Waals surface area contributed by atoms with Crippen molar-refractivity contribution in [2.75, 3.05) is 0 Å². The molecule has 0 amide bonds. The van der Waals surface area contributed by atoms with Gasteiger partial charge in [-0.05, 0) is 0 Å². The Balaban J connectivity index is 3.17. The first-order valence-electron chi connectivity index (χ1n) is 2.07. The summed E-state index contributed by atoms with van der Waals surface area (Å²) in [5, 5.41) is 0. The Morgan fingerprint density at radius 3 is 1.11 bits per heavy atom. The molecule has 0 atom stereocenters. The molecule has 0 aliphatic carbocycles. The van der Waals surface area contributed by atoms with Crippen LogP contribution in [-0.4, -0.2) is 55.0 Å². The Labute approximate surface area is 67.7 Å². The molecule has 1 aromatic heterocycles. The van der Waals surface area contributed by atoms with E-state index in [-0.39, 0.29) is 0 Å². The predicted molar refractivity (Wildman–Crippen MR) is 37.8 cm³/mol. The molecule has 0 radical (unpaired) electrons. The zero-order chi connectivity index (χ0) is 6.85. The molecule has 0 saturated heterocycles. The summed E-state index contributed by atoms with van der Waals surface area (Å²) in [6.07, 6.45) is 0. The van der Waals surface area contributed by atoms with Gasteiger partial charge in [0.15, 0.2) is 0 Å². The van der Waals surface area contributed by atoms with Crippen LogP contribution in [0, 0.1) is 0 Å². The summed E-state index contributed by atoms with van der Waals surface area (Å²) in [4.78, 5) is 0. The van der Waals surface area contributed by atoms with Gasteiger partial charge in [-0.1, -0.05) is 0 Å². The Morgan fingerprint density at radius 1 is 0.667 bits per heavy atom. The average molecular weight is 326 g/mol. The van der Waals surface area contributed by atoms with E-state index in [9.17, 15) is 12.9 Å². The van der Waals surface area contributed by atoms with Gasteiger partial charge in [-0.3, -0.25) is 0 Å². The second-order valence-corrected chi connectivity index (χ2v) is 12.7. The van der Waals surface area contributed by atoms with E-state index in [1.54, 1.807) is 0 Å². The van der Waals surface area contributed by atoms with Crippen LogP contribution in [0.25, 0.3) is 0 Å². The molecule has 0 bridgehead atoms. The van der Waals surface area contributed by atoms with Gasteiger partial charge in [-0.2, -0.15) is 0 Å². The second kappa shape index (κ2) is 3.80. The fourth-order valence-electron chi connectivity index (χ4n) is 0.349. The second-order valence-electron chi connectivity index (χ2n) is 1.23. The molecule has 0 nitrogen and oxygen atoms in total. The molecule has 0 saturated carbocycles. The van der Waals surface area contributed by atoms with Crippen LogP contribution in [0.4, 0.5) is 12.9 Å². The molecule has 0 spiro atoms. The Kier molecular flexibility index (Phi) is 3.64. The molecular weight excluding hydrogens is 326 g/mol. The SMILES string of the molecule is F[b-]1[se+][b-](F)[se+][b-](F)[se+]1. The van der Waals surface area contributed by atoms with Crippen molar-refractivity contribution in [2.24, 2.45) is 0 Å². The summed E-state index contributed by atoms with van der Waals surface area (Å²) in [6, 6.07) is 0. The number of hydrogen-bond acceptors (Lipinski definition) is 0. The Hall–Kier alpha value is 1.54. The van der Waals surface area contributed by atoms with E-state index in [2.05, 4.69) is 0 Å². The zero-order valence-electron chi connectivity index (χ0n) is 4.09. The van der Waals surface area contributed by atoms with Gasteiger partial charge in [0, 0.05) is 0 Å². The summed E-state index contributed by atoms with van der Waals surface area (Å²) < 4.78 is 33.5. The first-order valence-corrected chi connectivity index (χ1v) is 8.00. The first kappa shape index (κ1) is 8.64. The van der Waals surface area contributed by atoms with Crippen molar-refractivity contribution in [3.63, 3.8) is 0 Å². The molecule has 0 unspecified atom stereocenters. The Morgan fingerprint density at radius 2 is 0.889 bits per heavy atom. The third kappa shape index (κ3) is 2.96. The molecule has 1 aromatic rings. The molecule has 0 N–H and O–H groups in total. The molecule has 0 aromatic carbocycles. The third-order valence-electron chi connectivity index (χ3n) is 0.642. The number of hydrogen-bond donors (Lipinski definition) is 0. The van der Waals surface area contributed by atoms with E-state index >= 15 is 0 Å². The van der Waals surface area contributed by atoms with Crippen molar-refractivity contribution in [3.8, 4) is 0 Å². The van der Waals surface area contributed by atoms with Gasteiger partial charge in [0.25, 0.3) is 0 Å². The Bertz CT molecular complexity index is 175. The third-order valence-corrected chi connectivity index (χ3v) is 10.6. The fraction of sp³-hybridized carbons (Fsp3) is 0. The molecule has 0 fully saturated rings. The van der Waals surface area contributed by atoms with Crippen LogP contribution < -0.4 is 0 Å². The van der Waals surface area contributed by atoms with Crippen molar-refractivity contribution in [2.45, 2.75) is 0 Å².